The van der Waals surface area contributed by atoms with Gasteiger partial charge in [0.1, 0.15) is 0 Å². The largest absolute Gasteiger partial charge is 0.493 e. The molecule has 0 aromatic heterocycles. The standard InChI is InChI=1S/C18H16BrNO2/c1-12-4-6-13(7-5-12)15(11-20)8-14-9-17(21-2)18(22-3)10-16(14)19/h4-10H,1-3H3/b15-8+. The van der Waals surface area contributed by atoms with E-state index in [-0.39, 0.29) is 0 Å². The molecule has 22 heavy (non-hydrogen) atoms. The van der Waals surface area contributed by atoms with Crippen molar-refractivity contribution in [3.63, 3.8) is 0 Å². The summed E-state index contributed by atoms with van der Waals surface area (Å²) in [5.41, 5.74) is 3.49. The molecule has 112 valence electrons. The average Bonchev–Trinajstić information content (AvgIpc) is 2.54. The highest BCUT2D eigenvalue weighted by Gasteiger charge is 2.09. The Labute approximate surface area is 138 Å². The van der Waals surface area contributed by atoms with Crippen LogP contribution in [0.3, 0.4) is 0 Å². The van der Waals surface area contributed by atoms with E-state index in [1.165, 1.54) is 0 Å². The number of allylic oxidation sites excluding steroid dienone is 1. The quantitative estimate of drug-likeness (QED) is 0.580. The maximum atomic E-state index is 9.44. The van der Waals surface area contributed by atoms with E-state index in [1.807, 2.05) is 49.4 Å². The van der Waals surface area contributed by atoms with Gasteiger partial charge in [0.25, 0.3) is 0 Å². The van der Waals surface area contributed by atoms with Crippen LogP contribution >= 0.6 is 15.9 Å². The second-order valence-corrected chi connectivity index (χ2v) is 5.62. The van der Waals surface area contributed by atoms with Gasteiger partial charge in [-0.1, -0.05) is 45.8 Å². The van der Waals surface area contributed by atoms with Gasteiger partial charge in [0, 0.05) is 4.47 Å². The minimum Gasteiger partial charge on any atom is -0.493 e. The van der Waals surface area contributed by atoms with Crippen LogP contribution in [-0.2, 0) is 0 Å². The van der Waals surface area contributed by atoms with Gasteiger partial charge in [-0.25, -0.2) is 0 Å². The Balaban J connectivity index is 2.50. The molecule has 0 aliphatic rings. The molecule has 0 unspecified atom stereocenters. The van der Waals surface area contributed by atoms with E-state index in [0.29, 0.717) is 17.1 Å². The van der Waals surface area contributed by atoms with Crippen LogP contribution in [0.4, 0.5) is 0 Å². The molecule has 0 radical (unpaired) electrons. The van der Waals surface area contributed by atoms with E-state index in [1.54, 1.807) is 14.2 Å². The number of aryl methyl sites for hydroxylation is 1. The number of methoxy groups -OCH3 is 2. The fourth-order valence-corrected chi connectivity index (χ4v) is 2.49. The van der Waals surface area contributed by atoms with Crippen molar-refractivity contribution in [2.75, 3.05) is 14.2 Å². The topological polar surface area (TPSA) is 42.2 Å². The summed E-state index contributed by atoms with van der Waals surface area (Å²) in [6.07, 6.45) is 1.83. The minimum absolute atomic E-state index is 0.591. The smallest absolute Gasteiger partial charge is 0.161 e. The fourth-order valence-electron chi connectivity index (χ4n) is 2.05. The molecule has 0 spiro atoms. The van der Waals surface area contributed by atoms with Crippen LogP contribution in [0.15, 0.2) is 40.9 Å². The maximum absolute atomic E-state index is 9.44. The molecule has 0 saturated carbocycles. The second-order valence-electron chi connectivity index (χ2n) is 4.76. The first-order chi connectivity index (χ1) is 10.6. The van der Waals surface area contributed by atoms with Crippen molar-refractivity contribution in [3.05, 3.63) is 57.6 Å². The van der Waals surface area contributed by atoms with Crippen LogP contribution in [0.5, 0.6) is 11.5 Å². The zero-order valence-electron chi connectivity index (χ0n) is 12.7. The van der Waals surface area contributed by atoms with Crippen molar-refractivity contribution >= 4 is 27.6 Å². The normalized spacial score (nSPS) is 11.0. The number of nitrogens with zero attached hydrogens (tertiary/aromatic N) is 1. The zero-order chi connectivity index (χ0) is 16.1. The van der Waals surface area contributed by atoms with Crippen molar-refractivity contribution < 1.29 is 9.47 Å². The van der Waals surface area contributed by atoms with Gasteiger partial charge in [-0.05, 0) is 36.3 Å². The summed E-state index contributed by atoms with van der Waals surface area (Å²) in [5, 5.41) is 9.44. The molecule has 0 bridgehead atoms. The summed E-state index contributed by atoms with van der Waals surface area (Å²) in [4.78, 5) is 0. The van der Waals surface area contributed by atoms with E-state index in [2.05, 4.69) is 22.0 Å². The van der Waals surface area contributed by atoms with Crippen molar-refractivity contribution in [1.82, 2.24) is 0 Å². The van der Waals surface area contributed by atoms with Crippen molar-refractivity contribution in [1.29, 1.82) is 5.26 Å². The van der Waals surface area contributed by atoms with Gasteiger partial charge in [-0.15, -0.1) is 0 Å². The third-order valence-electron chi connectivity index (χ3n) is 3.29. The Kier molecular flexibility index (Phi) is 5.24. The molecule has 0 aliphatic carbocycles. The SMILES string of the molecule is COc1cc(Br)c(/C=C(\C#N)c2ccc(C)cc2)cc1OC. The summed E-state index contributed by atoms with van der Waals surface area (Å²) in [6.45, 7) is 2.02. The lowest BCUT2D eigenvalue weighted by molar-refractivity contribution is 0.354. The maximum Gasteiger partial charge on any atom is 0.161 e. The second kappa shape index (κ2) is 7.15. The van der Waals surface area contributed by atoms with E-state index in [9.17, 15) is 5.26 Å². The molecule has 0 aliphatic heterocycles. The Morgan fingerprint density at radius 1 is 1.09 bits per heavy atom. The van der Waals surface area contributed by atoms with Crippen LogP contribution in [0, 0.1) is 18.3 Å². The molecular weight excluding hydrogens is 342 g/mol. The number of ether oxygens (including phenoxy) is 2. The molecule has 2 aromatic carbocycles. The van der Waals surface area contributed by atoms with Gasteiger partial charge in [-0.2, -0.15) is 5.26 Å². The number of rotatable bonds is 4. The molecule has 4 heteroatoms. The molecule has 2 rings (SSSR count). The van der Waals surface area contributed by atoms with Gasteiger partial charge in [0.05, 0.1) is 25.9 Å². The molecule has 0 amide bonds. The molecule has 0 fully saturated rings. The van der Waals surface area contributed by atoms with Gasteiger partial charge in [0.2, 0.25) is 0 Å². The predicted octanol–water partition coefficient (Wildman–Crippen LogP) is 4.84. The Hall–Kier alpha value is -2.25. The highest BCUT2D eigenvalue weighted by atomic mass is 79.9. The summed E-state index contributed by atoms with van der Waals surface area (Å²) in [7, 11) is 3.18. The van der Waals surface area contributed by atoms with E-state index >= 15 is 0 Å². The van der Waals surface area contributed by atoms with Crippen LogP contribution in [-0.4, -0.2) is 14.2 Å². The van der Waals surface area contributed by atoms with Gasteiger partial charge >= 0.3 is 0 Å². The van der Waals surface area contributed by atoms with Crippen molar-refractivity contribution in [2.24, 2.45) is 0 Å². The molecular formula is C18H16BrNO2. The van der Waals surface area contributed by atoms with Gasteiger partial charge in [0.15, 0.2) is 11.5 Å². The monoisotopic (exact) mass is 357 g/mol. The number of hydrogen-bond acceptors (Lipinski definition) is 3. The summed E-state index contributed by atoms with van der Waals surface area (Å²) < 4.78 is 11.4. The summed E-state index contributed by atoms with van der Waals surface area (Å²) in [6, 6.07) is 13.8. The first kappa shape index (κ1) is 16.1. The van der Waals surface area contributed by atoms with Crippen LogP contribution in [0.25, 0.3) is 11.6 Å². The molecule has 3 nitrogen and oxygen atoms in total. The van der Waals surface area contributed by atoms with E-state index < -0.39 is 0 Å². The van der Waals surface area contributed by atoms with Crippen LogP contribution in [0.1, 0.15) is 16.7 Å². The third kappa shape index (κ3) is 3.49. The number of hydrogen-bond donors (Lipinski definition) is 0. The van der Waals surface area contributed by atoms with Crippen LogP contribution in [0.2, 0.25) is 0 Å². The Morgan fingerprint density at radius 3 is 2.23 bits per heavy atom. The van der Waals surface area contributed by atoms with Gasteiger partial charge in [-0.3, -0.25) is 0 Å². The Morgan fingerprint density at radius 2 is 1.68 bits per heavy atom. The molecule has 2 aromatic rings. The van der Waals surface area contributed by atoms with Gasteiger partial charge < -0.3 is 9.47 Å². The minimum atomic E-state index is 0.591. The fraction of sp³-hybridized carbons (Fsp3) is 0.167. The van der Waals surface area contributed by atoms with Crippen LogP contribution < -0.4 is 9.47 Å². The number of nitriles is 1. The van der Waals surface area contributed by atoms with Crippen molar-refractivity contribution in [2.45, 2.75) is 6.92 Å². The average molecular weight is 358 g/mol. The molecule has 0 heterocycles. The predicted molar refractivity (Wildman–Crippen MR) is 91.9 cm³/mol. The number of halogens is 1. The van der Waals surface area contributed by atoms with E-state index in [0.717, 1.165) is 21.2 Å². The third-order valence-corrected chi connectivity index (χ3v) is 3.97. The van der Waals surface area contributed by atoms with E-state index in [4.69, 9.17) is 9.47 Å². The first-order valence-corrected chi connectivity index (χ1v) is 7.48. The lowest BCUT2D eigenvalue weighted by Crippen LogP contribution is -1.92. The lowest BCUT2D eigenvalue weighted by atomic mass is 10.0. The molecule has 0 atom stereocenters. The summed E-state index contributed by atoms with van der Waals surface area (Å²) in [5.74, 6) is 1.26. The lowest BCUT2D eigenvalue weighted by Gasteiger charge is -2.10. The zero-order valence-corrected chi connectivity index (χ0v) is 14.3. The van der Waals surface area contributed by atoms with Crippen molar-refractivity contribution in [3.8, 4) is 17.6 Å². The highest BCUT2D eigenvalue weighted by molar-refractivity contribution is 9.10. The molecule has 0 saturated heterocycles. The number of benzene rings is 2. The summed E-state index contributed by atoms with van der Waals surface area (Å²) >= 11 is 3.50. The Bertz CT molecular complexity index is 743. The highest BCUT2D eigenvalue weighted by Crippen LogP contribution is 2.35. The molecule has 0 N–H and O–H groups in total. The first-order valence-electron chi connectivity index (χ1n) is 6.69.